The van der Waals surface area contributed by atoms with Gasteiger partial charge in [0, 0.05) is 38.1 Å². The number of hydrogen-bond acceptors (Lipinski definition) is 4. The maximum atomic E-state index is 11.8. The summed E-state index contributed by atoms with van der Waals surface area (Å²) in [5, 5.41) is 10.0. The molecule has 2 rings (SSSR count). The van der Waals surface area contributed by atoms with Crippen LogP contribution in [-0.4, -0.2) is 43.1 Å². The minimum Gasteiger partial charge on any atom is -0.352 e. The number of nitrogens with one attached hydrogen (secondary N) is 3. The molecule has 1 heterocycles. The van der Waals surface area contributed by atoms with Crippen LogP contribution in [0.15, 0.2) is 24.5 Å². The summed E-state index contributed by atoms with van der Waals surface area (Å²) in [7, 11) is 0. The molecule has 5 nitrogen and oxygen atoms in total. The Labute approximate surface area is 164 Å². The van der Waals surface area contributed by atoms with Gasteiger partial charge < -0.3 is 16.0 Å². The summed E-state index contributed by atoms with van der Waals surface area (Å²) in [6, 6.07) is 4.30. The lowest BCUT2D eigenvalue weighted by Crippen LogP contribution is -2.36. The largest absolute Gasteiger partial charge is 0.352 e. The van der Waals surface area contributed by atoms with E-state index >= 15 is 0 Å². The van der Waals surface area contributed by atoms with E-state index < -0.39 is 0 Å². The van der Waals surface area contributed by atoms with Crippen molar-refractivity contribution >= 4 is 30.7 Å². The number of pyridine rings is 1. The summed E-state index contributed by atoms with van der Waals surface area (Å²) in [4.78, 5) is 15.7. The molecule has 0 unspecified atom stereocenters. The number of halogens is 2. The summed E-state index contributed by atoms with van der Waals surface area (Å²) in [5.41, 5.74) is 0.624. The molecule has 0 aliphatic heterocycles. The molecule has 1 aliphatic rings. The van der Waals surface area contributed by atoms with Gasteiger partial charge in [0.15, 0.2) is 0 Å². The van der Waals surface area contributed by atoms with Crippen molar-refractivity contribution in [3.8, 4) is 0 Å². The molecule has 7 heteroatoms. The highest BCUT2D eigenvalue weighted by Crippen LogP contribution is 2.16. The van der Waals surface area contributed by atoms with Gasteiger partial charge in [0.25, 0.3) is 5.91 Å². The molecule has 0 atom stereocenters. The van der Waals surface area contributed by atoms with Crippen molar-refractivity contribution in [3.63, 3.8) is 0 Å². The number of unbranched alkanes of at least 4 members (excludes halogenated alkanes) is 1. The van der Waals surface area contributed by atoms with Gasteiger partial charge in [0.1, 0.15) is 0 Å². The molecule has 1 aromatic rings. The highest BCUT2D eigenvalue weighted by atomic mass is 35.5. The van der Waals surface area contributed by atoms with Crippen LogP contribution in [0.4, 0.5) is 0 Å². The van der Waals surface area contributed by atoms with Crippen LogP contribution in [0.3, 0.4) is 0 Å². The Bertz CT molecular complexity index is 442. The number of rotatable bonds is 10. The SMILES string of the molecule is Cl.Cl.O=C(NCCCCNCCNC1CCCCC1)c1cccnc1. The quantitative estimate of drug-likeness (QED) is 0.537. The smallest absolute Gasteiger partial charge is 0.252 e. The lowest BCUT2D eigenvalue weighted by Gasteiger charge is -2.22. The van der Waals surface area contributed by atoms with Crippen molar-refractivity contribution in [2.45, 2.75) is 51.0 Å². The Morgan fingerprint density at radius 2 is 1.80 bits per heavy atom. The Morgan fingerprint density at radius 1 is 1.04 bits per heavy atom. The number of amides is 1. The van der Waals surface area contributed by atoms with Crippen molar-refractivity contribution in [3.05, 3.63) is 30.1 Å². The van der Waals surface area contributed by atoms with E-state index in [1.165, 1.54) is 32.1 Å². The van der Waals surface area contributed by atoms with Crippen molar-refractivity contribution in [1.29, 1.82) is 0 Å². The second-order valence-electron chi connectivity index (χ2n) is 6.24. The fraction of sp³-hybridized carbons (Fsp3) is 0.667. The summed E-state index contributed by atoms with van der Waals surface area (Å²) >= 11 is 0. The van der Waals surface area contributed by atoms with Crippen LogP contribution >= 0.6 is 24.8 Å². The second kappa shape index (κ2) is 15.4. The molecule has 1 aliphatic carbocycles. The fourth-order valence-electron chi connectivity index (χ4n) is 2.97. The second-order valence-corrected chi connectivity index (χ2v) is 6.24. The van der Waals surface area contributed by atoms with Gasteiger partial charge in [-0.2, -0.15) is 0 Å². The van der Waals surface area contributed by atoms with Crippen molar-refractivity contribution in [2.24, 2.45) is 0 Å². The molecule has 0 saturated heterocycles. The lowest BCUT2D eigenvalue weighted by atomic mass is 9.95. The molecular weight excluding hydrogens is 359 g/mol. The van der Waals surface area contributed by atoms with Crippen LogP contribution in [0.25, 0.3) is 0 Å². The minimum atomic E-state index is -0.0391. The van der Waals surface area contributed by atoms with Gasteiger partial charge in [0.2, 0.25) is 0 Å². The van der Waals surface area contributed by atoms with E-state index in [0.29, 0.717) is 5.56 Å². The van der Waals surface area contributed by atoms with E-state index in [2.05, 4.69) is 20.9 Å². The first-order chi connectivity index (χ1) is 11.4. The van der Waals surface area contributed by atoms with Gasteiger partial charge in [-0.15, -0.1) is 24.8 Å². The van der Waals surface area contributed by atoms with Crippen LogP contribution in [0.1, 0.15) is 55.3 Å². The Balaban J connectivity index is 0.00000288. The third-order valence-corrected chi connectivity index (χ3v) is 4.33. The van der Waals surface area contributed by atoms with E-state index in [9.17, 15) is 4.79 Å². The van der Waals surface area contributed by atoms with Crippen LogP contribution in [-0.2, 0) is 0 Å². The number of carbonyl (C=O) groups is 1. The zero-order chi connectivity index (χ0) is 16.2. The first-order valence-electron chi connectivity index (χ1n) is 8.98. The molecule has 1 fully saturated rings. The molecule has 1 saturated carbocycles. The molecule has 144 valence electrons. The first-order valence-corrected chi connectivity index (χ1v) is 8.98. The topological polar surface area (TPSA) is 66.1 Å². The Hall–Kier alpha value is -0.880. The van der Waals surface area contributed by atoms with E-state index in [-0.39, 0.29) is 30.7 Å². The van der Waals surface area contributed by atoms with Gasteiger partial charge in [0.05, 0.1) is 5.56 Å². The summed E-state index contributed by atoms with van der Waals surface area (Å²) in [5.74, 6) is -0.0391. The molecule has 3 N–H and O–H groups in total. The molecule has 0 aromatic carbocycles. The van der Waals surface area contributed by atoms with Crippen LogP contribution in [0.2, 0.25) is 0 Å². The zero-order valence-corrected chi connectivity index (χ0v) is 16.5. The summed E-state index contributed by atoms with van der Waals surface area (Å²) in [6.07, 6.45) is 12.2. The van der Waals surface area contributed by atoms with E-state index in [4.69, 9.17) is 0 Å². The number of aromatic nitrogens is 1. The Morgan fingerprint density at radius 3 is 2.52 bits per heavy atom. The molecule has 0 radical (unpaired) electrons. The normalized spacial score (nSPS) is 14.2. The molecule has 0 bridgehead atoms. The minimum absolute atomic E-state index is 0. The number of hydrogen-bond donors (Lipinski definition) is 3. The van der Waals surface area contributed by atoms with Crippen LogP contribution in [0.5, 0.6) is 0 Å². The average Bonchev–Trinajstić information content (AvgIpc) is 2.61. The summed E-state index contributed by atoms with van der Waals surface area (Å²) < 4.78 is 0. The van der Waals surface area contributed by atoms with Gasteiger partial charge in [-0.05, 0) is 44.4 Å². The highest BCUT2D eigenvalue weighted by molar-refractivity contribution is 5.93. The molecule has 0 spiro atoms. The predicted octanol–water partition coefficient (Wildman–Crippen LogP) is 2.95. The van der Waals surface area contributed by atoms with Crippen molar-refractivity contribution < 1.29 is 4.79 Å². The van der Waals surface area contributed by atoms with Gasteiger partial charge in [-0.1, -0.05) is 19.3 Å². The number of nitrogens with zero attached hydrogens (tertiary/aromatic N) is 1. The van der Waals surface area contributed by atoms with E-state index in [0.717, 1.165) is 45.1 Å². The van der Waals surface area contributed by atoms with Crippen LogP contribution in [0, 0.1) is 0 Å². The molecule has 25 heavy (non-hydrogen) atoms. The lowest BCUT2D eigenvalue weighted by molar-refractivity contribution is 0.0952. The standard InChI is InChI=1S/C18H30N4O.2ClH/c23-18(16-7-6-11-20-15-16)22-12-5-4-10-19-13-14-21-17-8-2-1-3-9-17;;/h6-7,11,15,17,19,21H,1-5,8-10,12-14H2,(H,22,23);2*1H. The Kier molecular flexibility index (Phi) is 14.8. The number of carbonyl (C=O) groups excluding carboxylic acids is 1. The predicted molar refractivity (Wildman–Crippen MR) is 108 cm³/mol. The van der Waals surface area contributed by atoms with Gasteiger partial charge in [-0.3, -0.25) is 9.78 Å². The van der Waals surface area contributed by atoms with E-state index in [1.807, 2.05) is 0 Å². The monoisotopic (exact) mass is 390 g/mol. The van der Waals surface area contributed by atoms with Gasteiger partial charge >= 0.3 is 0 Å². The highest BCUT2D eigenvalue weighted by Gasteiger charge is 2.11. The van der Waals surface area contributed by atoms with Crippen molar-refractivity contribution in [2.75, 3.05) is 26.2 Å². The van der Waals surface area contributed by atoms with Crippen LogP contribution < -0.4 is 16.0 Å². The fourth-order valence-corrected chi connectivity index (χ4v) is 2.97. The third kappa shape index (κ3) is 10.6. The van der Waals surface area contributed by atoms with Gasteiger partial charge in [-0.25, -0.2) is 0 Å². The third-order valence-electron chi connectivity index (χ3n) is 4.33. The van der Waals surface area contributed by atoms with E-state index in [1.54, 1.807) is 24.5 Å². The summed E-state index contributed by atoms with van der Waals surface area (Å²) in [6.45, 7) is 3.81. The molecule has 1 aromatic heterocycles. The van der Waals surface area contributed by atoms with Crippen molar-refractivity contribution in [1.82, 2.24) is 20.9 Å². The molecular formula is C18H32Cl2N4O. The average molecular weight is 391 g/mol. The maximum Gasteiger partial charge on any atom is 0.252 e. The molecule has 1 amide bonds. The zero-order valence-electron chi connectivity index (χ0n) is 14.8. The first kappa shape index (κ1) is 24.1. The maximum absolute atomic E-state index is 11.8.